The number of fused-ring (bicyclic) bond motifs is 1. The minimum absolute atomic E-state index is 0.240. The molecule has 0 radical (unpaired) electrons. The second kappa shape index (κ2) is 11.0. The molecule has 1 fully saturated rings. The molecule has 0 bridgehead atoms. The van der Waals surface area contributed by atoms with E-state index >= 15 is 0 Å². The van der Waals surface area contributed by atoms with E-state index in [0.717, 1.165) is 10.7 Å². The monoisotopic (exact) mass is 638 g/mol. The summed E-state index contributed by atoms with van der Waals surface area (Å²) >= 11 is 3.53. The Hall–Kier alpha value is -3.68. The molecule has 1 atom stereocenters. The molecular formula is C27H27BrF4N6O3. The molecule has 14 heteroatoms. The van der Waals surface area contributed by atoms with Gasteiger partial charge in [-0.2, -0.15) is 5.10 Å². The SMILES string of the molecule is Cc1cc(C(F)F)nn1-c1nc(-n2cnc3cc(OC4CCN(C(=O)OC(C)(C)C)C4)c(Br)cc32)ccc1C(F)F. The number of carbonyl (C=O) groups excluding carboxylic acids is 1. The van der Waals surface area contributed by atoms with Gasteiger partial charge < -0.3 is 14.4 Å². The zero-order chi connectivity index (χ0) is 29.6. The van der Waals surface area contributed by atoms with Crippen LogP contribution in [0.4, 0.5) is 22.4 Å². The van der Waals surface area contributed by atoms with Crippen LogP contribution >= 0.6 is 15.9 Å². The lowest BCUT2D eigenvalue weighted by Crippen LogP contribution is -2.36. The van der Waals surface area contributed by atoms with Crippen molar-refractivity contribution < 1.29 is 31.8 Å². The number of carbonyl (C=O) groups is 1. The summed E-state index contributed by atoms with van der Waals surface area (Å²) in [5.41, 5.74) is -0.190. The number of halogens is 5. The third-order valence-corrected chi connectivity index (χ3v) is 7.01. The van der Waals surface area contributed by atoms with Crippen molar-refractivity contribution in [3.8, 4) is 17.4 Å². The molecule has 1 aliphatic rings. The maximum atomic E-state index is 13.8. The number of benzene rings is 1. The van der Waals surface area contributed by atoms with Crippen LogP contribution in [0, 0.1) is 6.92 Å². The van der Waals surface area contributed by atoms with Gasteiger partial charge in [-0.3, -0.25) is 4.57 Å². The zero-order valence-corrected chi connectivity index (χ0v) is 24.2. The fourth-order valence-corrected chi connectivity index (χ4v) is 4.95. The molecule has 4 aromatic rings. The standard InChI is InChI=1S/C27H27BrF4N6O3/c1-14-9-19(24(31)32)35-38(14)25-16(23(29)30)5-6-22(34-25)37-13-33-18-11-21(17(28)10-20(18)37)40-15-7-8-36(12-15)26(39)41-27(2,3)4/h5-6,9-11,13,15,23-24H,7-8,12H2,1-4H3. The van der Waals surface area contributed by atoms with E-state index in [4.69, 9.17) is 9.47 Å². The summed E-state index contributed by atoms with van der Waals surface area (Å²) in [7, 11) is 0. The number of alkyl halides is 4. The number of pyridine rings is 1. The fraction of sp³-hybridized carbons (Fsp3) is 0.407. The first kappa shape index (κ1) is 28.8. The van der Waals surface area contributed by atoms with E-state index in [-0.39, 0.29) is 23.4 Å². The quantitative estimate of drug-likeness (QED) is 0.213. The molecule has 3 aromatic heterocycles. The maximum absolute atomic E-state index is 13.8. The van der Waals surface area contributed by atoms with Gasteiger partial charge in [0.1, 0.15) is 35.3 Å². The summed E-state index contributed by atoms with van der Waals surface area (Å²) in [6.07, 6.45) is -4.29. The number of likely N-dealkylation sites (tertiary alicyclic amines) is 1. The highest BCUT2D eigenvalue weighted by atomic mass is 79.9. The van der Waals surface area contributed by atoms with Crippen molar-refractivity contribution in [1.82, 2.24) is 29.2 Å². The highest BCUT2D eigenvalue weighted by Crippen LogP contribution is 2.34. The van der Waals surface area contributed by atoms with Crippen molar-refractivity contribution >= 4 is 33.1 Å². The van der Waals surface area contributed by atoms with Gasteiger partial charge in [0.2, 0.25) is 0 Å². The van der Waals surface area contributed by atoms with Crippen LogP contribution in [0.1, 0.15) is 57.0 Å². The maximum Gasteiger partial charge on any atom is 0.410 e. The Bertz CT molecular complexity index is 1600. The summed E-state index contributed by atoms with van der Waals surface area (Å²) in [5, 5.41) is 3.80. The zero-order valence-electron chi connectivity index (χ0n) is 22.6. The molecule has 0 N–H and O–H groups in total. The molecular weight excluding hydrogens is 612 g/mol. The number of imidazole rings is 1. The van der Waals surface area contributed by atoms with E-state index in [2.05, 4.69) is 31.0 Å². The van der Waals surface area contributed by atoms with Crippen LogP contribution in [-0.2, 0) is 4.74 Å². The van der Waals surface area contributed by atoms with Gasteiger partial charge in [0.05, 0.1) is 27.6 Å². The van der Waals surface area contributed by atoms with Gasteiger partial charge in [0.25, 0.3) is 12.9 Å². The Morgan fingerprint density at radius 3 is 2.54 bits per heavy atom. The van der Waals surface area contributed by atoms with Crippen molar-refractivity contribution in [3.63, 3.8) is 0 Å². The number of hydrogen-bond acceptors (Lipinski definition) is 6. The largest absolute Gasteiger partial charge is 0.487 e. The van der Waals surface area contributed by atoms with E-state index in [0.29, 0.717) is 40.8 Å². The lowest BCUT2D eigenvalue weighted by molar-refractivity contribution is 0.0275. The average molecular weight is 639 g/mol. The molecule has 0 spiro atoms. The van der Waals surface area contributed by atoms with Gasteiger partial charge in [-0.25, -0.2) is 37.0 Å². The van der Waals surface area contributed by atoms with Crippen LogP contribution in [0.2, 0.25) is 0 Å². The number of aromatic nitrogens is 5. The van der Waals surface area contributed by atoms with Gasteiger partial charge in [-0.05, 0) is 67.9 Å². The highest BCUT2D eigenvalue weighted by molar-refractivity contribution is 9.10. The third kappa shape index (κ3) is 6.02. The Labute approximate surface area is 241 Å². The molecule has 1 aromatic carbocycles. The number of rotatable bonds is 6. The minimum Gasteiger partial charge on any atom is -0.487 e. The molecule has 1 saturated heterocycles. The first-order valence-electron chi connectivity index (χ1n) is 12.8. The molecule has 41 heavy (non-hydrogen) atoms. The summed E-state index contributed by atoms with van der Waals surface area (Å²) in [4.78, 5) is 22.8. The van der Waals surface area contributed by atoms with Crippen LogP contribution in [0.5, 0.6) is 5.75 Å². The number of aryl methyl sites for hydroxylation is 1. The smallest absolute Gasteiger partial charge is 0.410 e. The van der Waals surface area contributed by atoms with E-state index in [1.807, 2.05) is 20.8 Å². The van der Waals surface area contributed by atoms with Gasteiger partial charge in [0.15, 0.2) is 5.82 Å². The normalized spacial score (nSPS) is 15.9. The summed E-state index contributed by atoms with van der Waals surface area (Å²) in [6, 6.07) is 7.22. The van der Waals surface area contributed by atoms with Crippen LogP contribution in [0.3, 0.4) is 0 Å². The molecule has 0 saturated carbocycles. The van der Waals surface area contributed by atoms with Crippen molar-refractivity contribution in [2.75, 3.05) is 13.1 Å². The minimum atomic E-state index is -2.90. The molecule has 9 nitrogen and oxygen atoms in total. The van der Waals surface area contributed by atoms with Crippen LogP contribution in [-0.4, -0.2) is 60.1 Å². The second-order valence-corrected chi connectivity index (χ2v) is 11.5. The van der Waals surface area contributed by atoms with Crippen molar-refractivity contribution in [2.45, 2.75) is 58.7 Å². The van der Waals surface area contributed by atoms with Crippen molar-refractivity contribution in [2.24, 2.45) is 0 Å². The summed E-state index contributed by atoms with van der Waals surface area (Å²) in [6.45, 7) is 7.80. The molecule has 218 valence electrons. The predicted molar refractivity (Wildman–Crippen MR) is 145 cm³/mol. The Morgan fingerprint density at radius 2 is 1.88 bits per heavy atom. The van der Waals surface area contributed by atoms with E-state index in [1.54, 1.807) is 21.6 Å². The Morgan fingerprint density at radius 1 is 1.12 bits per heavy atom. The Balaban J connectivity index is 1.42. The molecule has 4 heterocycles. The molecule has 1 aliphatic heterocycles. The van der Waals surface area contributed by atoms with Crippen LogP contribution < -0.4 is 4.74 Å². The number of hydrogen-bond donors (Lipinski definition) is 0. The summed E-state index contributed by atoms with van der Waals surface area (Å²) in [5.74, 6) is 0.510. The number of ether oxygens (including phenoxy) is 2. The van der Waals surface area contributed by atoms with Crippen molar-refractivity contribution in [1.29, 1.82) is 0 Å². The topological polar surface area (TPSA) is 87.3 Å². The van der Waals surface area contributed by atoms with E-state index in [1.165, 1.54) is 25.4 Å². The van der Waals surface area contributed by atoms with E-state index in [9.17, 15) is 22.4 Å². The summed E-state index contributed by atoms with van der Waals surface area (Å²) < 4.78 is 69.0. The highest BCUT2D eigenvalue weighted by Gasteiger charge is 2.31. The molecule has 1 unspecified atom stereocenters. The second-order valence-electron chi connectivity index (χ2n) is 10.6. The average Bonchev–Trinajstić information content (AvgIpc) is 3.61. The first-order chi connectivity index (χ1) is 19.3. The van der Waals surface area contributed by atoms with Gasteiger partial charge in [0, 0.05) is 24.7 Å². The van der Waals surface area contributed by atoms with Gasteiger partial charge in [-0.15, -0.1) is 0 Å². The van der Waals surface area contributed by atoms with Gasteiger partial charge in [-0.1, -0.05) is 0 Å². The lowest BCUT2D eigenvalue weighted by atomic mass is 10.2. The van der Waals surface area contributed by atoms with Crippen LogP contribution in [0.25, 0.3) is 22.7 Å². The van der Waals surface area contributed by atoms with Gasteiger partial charge >= 0.3 is 6.09 Å². The Kier molecular flexibility index (Phi) is 7.70. The molecule has 1 amide bonds. The lowest BCUT2D eigenvalue weighted by Gasteiger charge is -2.24. The molecule has 0 aliphatic carbocycles. The fourth-order valence-electron chi connectivity index (χ4n) is 4.52. The number of nitrogens with zero attached hydrogens (tertiary/aromatic N) is 6. The first-order valence-corrected chi connectivity index (χ1v) is 13.6. The third-order valence-electron chi connectivity index (χ3n) is 6.39. The van der Waals surface area contributed by atoms with Crippen LogP contribution in [0.15, 0.2) is 41.1 Å². The van der Waals surface area contributed by atoms with Crippen molar-refractivity contribution in [3.05, 3.63) is 58.1 Å². The van der Waals surface area contributed by atoms with E-state index < -0.39 is 35.8 Å². The number of amides is 1. The predicted octanol–water partition coefficient (Wildman–Crippen LogP) is 6.94. The molecule has 5 rings (SSSR count).